The molecule has 0 saturated carbocycles. The van der Waals surface area contributed by atoms with E-state index in [9.17, 15) is 0 Å². The highest BCUT2D eigenvalue weighted by molar-refractivity contribution is 9.10. The van der Waals surface area contributed by atoms with E-state index in [1.165, 1.54) is 5.56 Å². The molecule has 1 aromatic rings. The summed E-state index contributed by atoms with van der Waals surface area (Å²) < 4.78 is 6.82. The molecule has 0 aliphatic carbocycles. The molecule has 1 N–H and O–H groups in total. The summed E-state index contributed by atoms with van der Waals surface area (Å²) in [6.07, 6.45) is 3.85. The van der Waals surface area contributed by atoms with Gasteiger partial charge in [0.25, 0.3) is 0 Å². The van der Waals surface area contributed by atoms with Gasteiger partial charge in [0.05, 0.1) is 6.10 Å². The van der Waals surface area contributed by atoms with Crippen LogP contribution in [-0.2, 0) is 11.3 Å². The number of ether oxygens (including phenoxy) is 1. The Morgan fingerprint density at radius 1 is 1.35 bits per heavy atom. The van der Waals surface area contributed by atoms with E-state index in [1.807, 2.05) is 0 Å². The lowest BCUT2D eigenvalue weighted by Crippen LogP contribution is -2.38. The molecular formula is C14H20BrNO. The largest absolute Gasteiger partial charge is 0.378 e. The van der Waals surface area contributed by atoms with Crippen LogP contribution in [0.4, 0.5) is 0 Å². The molecule has 94 valence electrons. The maximum absolute atomic E-state index is 5.68. The first-order chi connectivity index (χ1) is 8.28. The van der Waals surface area contributed by atoms with E-state index in [0.29, 0.717) is 12.1 Å². The zero-order valence-electron chi connectivity index (χ0n) is 10.3. The Morgan fingerprint density at radius 2 is 2.12 bits per heavy atom. The molecule has 1 aromatic carbocycles. The molecule has 1 fully saturated rings. The van der Waals surface area contributed by atoms with Crippen molar-refractivity contribution in [2.24, 2.45) is 0 Å². The highest BCUT2D eigenvalue weighted by Crippen LogP contribution is 2.17. The molecule has 0 spiro atoms. The number of rotatable bonds is 4. The Labute approximate surface area is 112 Å². The topological polar surface area (TPSA) is 21.3 Å². The normalized spacial score (nSPS) is 24.8. The standard InChI is InChI=1S/C14H20BrNO/c1-2-14-9-13(7-8-17-14)16-10-11-3-5-12(15)6-4-11/h3-6,13-14,16H,2,7-10H2,1H3. The molecule has 0 radical (unpaired) electrons. The lowest BCUT2D eigenvalue weighted by Gasteiger charge is -2.29. The summed E-state index contributed by atoms with van der Waals surface area (Å²) in [7, 11) is 0. The molecule has 0 amide bonds. The summed E-state index contributed by atoms with van der Waals surface area (Å²) in [6, 6.07) is 9.12. The minimum absolute atomic E-state index is 0.450. The lowest BCUT2D eigenvalue weighted by atomic mass is 10.0. The smallest absolute Gasteiger partial charge is 0.0587 e. The van der Waals surface area contributed by atoms with E-state index in [0.717, 1.165) is 36.9 Å². The van der Waals surface area contributed by atoms with Crippen molar-refractivity contribution in [3.8, 4) is 0 Å². The zero-order valence-corrected chi connectivity index (χ0v) is 11.9. The highest BCUT2D eigenvalue weighted by Gasteiger charge is 2.20. The van der Waals surface area contributed by atoms with Gasteiger partial charge < -0.3 is 10.1 Å². The van der Waals surface area contributed by atoms with Crippen LogP contribution in [0.5, 0.6) is 0 Å². The van der Waals surface area contributed by atoms with Crippen molar-refractivity contribution in [1.82, 2.24) is 5.32 Å². The monoisotopic (exact) mass is 297 g/mol. The van der Waals surface area contributed by atoms with Crippen molar-refractivity contribution in [2.75, 3.05) is 6.61 Å². The lowest BCUT2D eigenvalue weighted by molar-refractivity contribution is -0.000318. The summed E-state index contributed by atoms with van der Waals surface area (Å²) in [6.45, 7) is 4.05. The number of hydrogen-bond donors (Lipinski definition) is 1. The van der Waals surface area contributed by atoms with Crippen LogP contribution in [0.25, 0.3) is 0 Å². The summed E-state index contributed by atoms with van der Waals surface area (Å²) in [4.78, 5) is 0. The third-order valence-corrected chi connectivity index (χ3v) is 3.86. The summed E-state index contributed by atoms with van der Waals surface area (Å²) in [5.41, 5.74) is 1.34. The molecule has 1 heterocycles. The molecule has 0 aromatic heterocycles. The minimum atomic E-state index is 0.450. The predicted molar refractivity (Wildman–Crippen MR) is 74.0 cm³/mol. The fourth-order valence-corrected chi connectivity index (χ4v) is 2.48. The summed E-state index contributed by atoms with van der Waals surface area (Å²) >= 11 is 3.45. The second-order valence-corrected chi connectivity index (χ2v) is 5.55. The Hall–Kier alpha value is -0.380. The molecule has 17 heavy (non-hydrogen) atoms. The van der Waals surface area contributed by atoms with Crippen LogP contribution in [0.15, 0.2) is 28.7 Å². The van der Waals surface area contributed by atoms with Crippen LogP contribution in [0.1, 0.15) is 31.7 Å². The van der Waals surface area contributed by atoms with Crippen LogP contribution >= 0.6 is 15.9 Å². The Kier molecular flexibility index (Phi) is 5.01. The molecule has 3 heteroatoms. The third kappa shape index (κ3) is 4.09. The van der Waals surface area contributed by atoms with Gasteiger partial charge in [0.15, 0.2) is 0 Å². The molecule has 1 saturated heterocycles. The van der Waals surface area contributed by atoms with Crippen LogP contribution in [-0.4, -0.2) is 18.8 Å². The van der Waals surface area contributed by atoms with E-state index >= 15 is 0 Å². The number of hydrogen-bond acceptors (Lipinski definition) is 2. The molecular weight excluding hydrogens is 278 g/mol. The van der Waals surface area contributed by atoms with Crippen molar-refractivity contribution in [1.29, 1.82) is 0 Å². The van der Waals surface area contributed by atoms with Gasteiger partial charge in [-0.15, -0.1) is 0 Å². The van der Waals surface area contributed by atoms with E-state index in [-0.39, 0.29) is 0 Å². The second-order valence-electron chi connectivity index (χ2n) is 4.63. The molecule has 2 atom stereocenters. The molecule has 2 nitrogen and oxygen atoms in total. The molecule has 2 unspecified atom stereocenters. The molecule has 1 aliphatic rings. The summed E-state index contributed by atoms with van der Waals surface area (Å²) in [5, 5.41) is 3.63. The van der Waals surface area contributed by atoms with E-state index in [4.69, 9.17) is 4.74 Å². The quantitative estimate of drug-likeness (QED) is 0.918. The van der Waals surface area contributed by atoms with Gasteiger partial charge in [-0.3, -0.25) is 0 Å². The fourth-order valence-electron chi connectivity index (χ4n) is 2.21. The Balaban J connectivity index is 1.79. The van der Waals surface area contributed by atoms with Crippen molar-refractivity contribution < 1.29 is 4.74 Å². The van der Waals surface area contributed by atoms with Gasteiger partial charge in [-0.05, 0) is 37.0 Å². The van der Waals surface area contributed by atoms with Crippen molar-refractivity contribution in [3.63, 3.8) is 0 Å². The van der Waals surface area contributed by atoms with Crippen molar-refractivity contribution >= 4 is 15.9 Å². The number of nitrogens with one attached hydrogen (secondary N) is 1. The Bertz CT molecular complexity index is 339. The van der Waals surface area contributed by atoms with E-state index in [1.54, 1.807) is 0 Å². The van der Waals surface area contributed by atoms with Crippen molar-refractivity contribution in [2.45, 2.75) is 44.9 Å². The van der Waals surface area contributed by atoms with Gasteiger partial charge in [0.1, 0.15) is 0 Å². The molecule has 1 aliphatic heterocycles. The average molecular weight is 298 g/mol. The highest BCUT2D eigenvalue weighted by atomic mass is 79.9. The second kappa shape index (κ2) is 6.53. The maximum atomic E-state index is 5.68. The van der Waals surface area contributed by atoms with Gasteiger partial charge >= 0.3 is 0 Å². The first-order valence-corrected chi connectivity index (χ1v) is 7.16. The number of benzene rings is 1. The minimum Gasteiger partial charge on any atom is -0.378 e. The van der Waals surface area contributed by atoms with Crippen LogP contribution in [0.3, 0.4) is 0 Å². The first kappa shape index (κ1) is 13.1. The van der Waals surface area contributed by atoms with Gasteiger partial charge in [-0.1, -0.05) is 35.0 Å². The predicted octanol–water partition coefficient (Wildman–Crippen LogP) is 3.50. The van der Waals surface area contributed by atoms with Crippen molar-refractivity contribution in [3.05, 3.63) is 34.3 Å². The number of halogens is 1. The fraction of sp³-hybridized carbons (Fsp3) is 0.571. The van der Waals surface area contributed by atoms with Gasteiger partial charge in [-0.2, -0.15) is 0 Å². The third-order valence-electron chi connectivity index (χ3n) is 3.33. The van der Waals surface area contributed by atoms with Crippen LogP contribution in [0.2, 0.25) is 0 Å². The van der Waals surface area contributed by atoms with Crippen LogP contribution < -0.4 is 5.32 Å². The first-order valence-electron chi connectivity index (χ1n) is 6.37. The zero-order chi connectivity index (χ0) is 12.1. The van der Waals surface area contributed by atoms with Gasteiger partial charge in [0.2, 0.25) is 0 Å². The molecule has 0 bridgehead atoms. The summed E-state index contributed by atoms with van der Waals surface area (Å²) in [5.74, 6) is 0. The van der Waals surface area contributed by atoms with Gasteiger partial charge in [-0.25, -0.2) is 0 Å². The van der Waals surface area contributed by atoms with E-state index < -0.39 is 0 Å². The van der Waals surface area contributed by atoms with Gasteiger partial charge in [0, 0.05) is 23.7 Å². The maximum Gasteiger partial charge on any atom is 0.0587 e. The Morgan fingerprint density at radius 3 is 2.82 bits per heavy atom. The van der Waals surface area contributed by atoms with E-state index in [2.05, 4.69) is 52.4 Å². The molecule has 2 rings (SSSR count). The average Bonchev–Trinajstić information content (AvgIpc) is 2.38. The van der Waals surface area contributed by atoms with Crippen LogP contribution in [0, 0.1) is 0 Å². The SMILES string of the molecule is CCC1CC(NCc2ccc(Br)cc2)CCO1.